The minimum Gasteiger partial charge on any atom is -0.459 e. The maximum Gasteiger partial charge on any atom is 0.397 e. The van der Waals surface area contributed by atoms with Crippen LogP contribution in [0.25, 0.3) is 0 Å². The minimum atomic E-state index is -0.798. The van der Waals surface area contributed by atoms with Crippen molar-refractivity contribution in [2.45, 2.75) is 26.8 Å². The lowest BCUT2D eigenvalue weighted by molar-refractivity contribution is -0.160. The Morgan fingerprint density at radius 3 is 2.82 bits per heavy atom. The molecule has 6 heteroatoms. The number of amides is 1. The van der Waals surface area contributed by atoms with Gasteiger partial charge in [-0.05, 0) is 32.2 Å². The quantitative estimate of drug-likeness (QED) is 0.373. The number of esters is 1. The average Bonchev–Trinajstić information content (AvgIpc) is 2.99. The normalized spacial score (nSPS) is 10.0. The Hall–Kier alpha value is -1.84. The maximum atomic E-state index is 11.9. The standard InChI is InChI=1S/C16H22N2O3S/c1-4-21-16(20)15(19)18(13(2)3)11-10-17-9-5-7-14-8-6-12-22-14/h6,8,12-13,17H,4,9-11H2,1-3H3. The molecule has 22 heavy (non-hydrogen) atoms. The van der Waals surface area contributed by atoms with Crippen molar-refractivity contribution in [1.29, 1.82) is 0 Å². The number of carbonyl (C=O) groups excluding carboxylic acids is 2. The summed E-state index contributed by atoms with van der Waals surface area (Å²) in [6, 6.07) is 3.87. The molecule has 0 aliphatic rings. The van der Waals surface area contributed by atoms with Crippen molar-refractivity contribution >= 4 is 23.2 Å². The summed E-state index contributed by atoms with van der Waals surface area (Å²) in [5.41, 5.74) is 0. The van der Waals surface area contributed by atoms with Crippen molar-refractivity contribution in [3.8, 4) is 11.8 Å². The fourth-order valence-electron chi connectivity index (χ4n) is 1.74. The zero-order valence-corrected chi connectivity index (χ0v) is 14.0. The third-order valence-corrected chi connectivity index (χ3v) is 3.60. The molecule has 1 heterocycles. The van der Waals surface area contributed by atoms with E-state index in [0.717, 1.165) is 4.88 Å². The smallest absolute Gasteiger partial charge is 0.397 e. The van der Waals surface area contributed by atoms with E-state index < -0.39 is 11.9 Å². The van der Waals surface area contributed by atoms with Crippen molar-refractivity contribution < 1.29 is 14.3 Å². The summed E-state index contributed by atoms with van der Waals surface area (Å²) in [6.45, 7) is 7.17. The molecule has 0 atom stereocenters. The summed E-state index contributed by atoms with van der Waals surface area (Å²) in [5.74, 6) is 4.67. The van der Waals surface area contributed by atoms with Gasteiger partial charge in [-0.1, -0.05) is 17.9 Å². The van der Waals surface area contributed by atoms with Crippen LogP contribution in [0.5, 0.6) is 0 Å². The van der Waals surface area contributed by atoms with Crippen molar-refractivity contribution in [2.24, 2.45) is 0 Å². The molecule has 0 saturated heterocycles. The van der Waals surface area contributed by atoms with Crippen LogP contribution < -0.4 is 5.32 Å². The van der Waals surface area contributed by atoms with Crippen LogP contribution in [0.1, 0.15) is 25.6 Å². The van der Waals surface area contributed by atoms with E-state index in [-0.39, 0.29) is 12.6 Å². The molecule has 0 unspecified atom stereocenters. The second-order valence-electron chi connectivity index (χ2n) is 4.77. The monoisotopic (exact) mass is 322 g/mol. The second kappa shape index (κ2) is 9.98. The molecule has 0 aliphatic heterocycles. The molecule has 1 amide bonds. The molecule has 0 radical (unpaired) electrons. The molecule has 120 valence electrons. The van der Waals surface area contributed by atoms with Gasteiger partial charge in [-0.3, -0.25) is 4.79 Å². The van der Waals surface area contributed by atoms with Gasteiger partial charge in [0.25, 0.3) is 0 Å². The molecule has 1 aromatic rings. The summed E-state index contributed by atoms with van der Waals surface area (Å²) in [7, 11) is 0. The zero-order chi connectivity index (χ0) is 16.4. The van der Waals surface area contributed by atoms with Gasteiger partial charge < -0.3 is 15.0 Å². The van der Waals surface area contributed by atoms with Gasteiger partial charge in [0.05, 0.1) is 18.0 Å². The highest BCUT2D eigenvalue weighted by atomic mass is 32.1. The van der Waals surface area contributed by atoms with Crippen molar-refractivity contribution in [3.05, 3.63) is 22.4 Å². The first-order chi connectivity index (χ1) is 10.6. The molecular weight excluding hydrogens is 300 g/mol. The fourth-order valence-corrected chi connectivity index (χ4v) is 2.33. The highest BCUT2D eigenvalue weighted by molar-refractivity contribution is 7.10. The van der Waals surface area contributed by atoms with E-state index >= 15 is 0 Å². The van der Waals surface area contributed by atoms with Gasteiger partial charge in [-0.25, -0.2) is 4.79 Å². The van der Waals surface area contributed by atoms with E-state index in [4.69, 9.17) is 4.74 Å². The molecule has 0 aliphatic carbocycles. The number of nitrogens with zero attached hydrogens (tertiary/aromatic N) is 1. The number of carbonyl (C=O) groups is 2. The summed E-state index contributed by atoms with van der Waals surface area (Å²) in [5, 5.41) is 5.13. The number of hydrogen-bond donors (Lipinski definition) is 1. The molecule has 0 spiro atoms. The van der Waals surface area contributed by atoms with Crippen LogP contribution in [-0.2, 0) is 14.3 Å². The van der Waals surface area contributed by atoms with Crippen LogP contribution in [0.15, 0.2) is 17.5 Å². The highest BCUT2D eigenvalue weighted by Crippen LogP contribution is 2.05. The van der Waals surface area contributed by atoms with Gasteiger partial charge in [-0.15, -0.1) is 11.3 Å². The van der Waals surface area contributed by atoms with Gasteiger partial charge >= 0.3 is 11.9 Å². The number of rotatable bonds is 6. The van der Waals surface area contributed by atoms with E-state index in [1.165, 1.54) is 4.90 Å². The Morgan fingerprint density at radius 1 is 1.45 bits per heavy atom. The lowest BCUT2D eigenvalue weighted by atomic mass is 10.3. The SMILES string of the molecule is CCOC(=O)C(=O)N(CCNCC#Cc1cccs1)C(C)C. The first-order valence-electron chi connectivity index (χ1n) is 7.27. The van der Waals surface area contributed by atoms with Crippen LogP contribution in [0, 0.1) is 11.8 Å². The largest absolute Gasteiger partial charge is 0.459 e. The zero-order valence-electron chi connectivity index (χ0n) is 13.2. The van der Waals surface area contributed by atoms with E-state index in [2.05, 4.69) is 17.2 Å². The lowest BCUT2D eigenvalue weighted by Crippen LogP contribution is -2.45. The average molecular weight is 322 g/mol. The van der Waals surface area contributed by atoms with Gasteiger partial charge in [0.15, 0.2) is 0 Å². The summed E-state index contributed by atoms with van der Waals surface area (Å²) in [6.07, 6.45) is 0. The second-order valence-corrected chi connectivity index (χ2v) is 5.72. The fraction of sp³-hybridized carbons (Fsp3) is 0.500. The number of ether oxygens (including phenoxy) is 1. The predicted octanol–water partition coefficient (Wildman–Crippen LogP) is 1.49. The Kier molecular flexibility index (Phi) is 8.26. The Labute approximate surface area is 135 Å². The van der Waals surface area contributed by atoms with E-state index in [1.807, 2.05) is 31.4 Å². The third-order valence-electron chi connectivity index (χ3n) is 2.81. The van der Waals surface area contributed by atoms with E-state index in [0.29, 0.717) is 19.6 Å². The third kappa shape index (κ3) is 6.29. The Morgan fingerprint density at radius 2 is 2.23 bits per heavy atom. The molecular formula is C16H22N2O3S. The van der Waals surface area contributed by atoms with Crippen molar-refractivity contribution in [3.63, 3.8) is 0 Å². The minimum absolute atomic E-state index is 0.0593. The van der Waals surface area contributed by atoms with Gasteiger partial charge in [-0.2, -0.15) is 0 Å². The number of thiophene rings is 1. The lowest BCUT2D eigenvalue weighted by Gasteiger charge is -2.25. The highest BCUT2D eigenvalue weighted by Gasteiger charge is 2.24. The molecule has 5 nitrogen and oxygen atoms in total. The van der Waals surface area contributed by atoms with E-state index in [1.54, 1.807) is 18.3 Å². The number of hydrogen-bond acceptors (Lipinski definition) is 5. The van der Waals surface area contributed by atoms with E-state index in [9.17, 15) is 9.59 Å². The molecule has 1 aromatic heterocycles. The molecule has 1 N–H and O–H groups in total. The van der Waals surface area contributed by atoms with Gasteiger partial charge in [0.2, 0.25) is 0 Å². The molecule has 1 rings (SSSR count). The van der Waals surface area contributed by atoms with Crippen LogP contribution in [0.3, 0.4) is 0 Å². The molecule has 0 fully saturated rings. The Bertz CT molecular complexity index is 529. The first-order valence-corrected chi connectivity index (χ1v) is 8.15. The summed E-state index contributed by atoms with van der Waals surface area (Å²) < 4.78 is 4.75. The molecule has 0 bridgehead atoms. The van der Waals surface area contributed by atoms with Gasteiger partial charge in [0, 0.05) is 19.1 Å². The van der Waals surface area contributed by atoms with Crippen LogP contribution in [0.2, 0.25) is 0 Å². The molecule has 0 aromatic carbocycles. The summed E-state index contributed by atoms with van der Waals surface area (Å²) in [4.78, 5) is 26.0. The topological polar surface area (TPSA) is 58.6 Å². The molecule has 0 saturated carbocycles. The Balaban J connectivity index is 2.35. The van der Waals surface area contributed by atoms with Crippen LogP contribution >= 0.6 is 11.3 Å². The number of nitrogens with one attached hydrogen (secondary N) is 1. The van der Waals surface area contributed by atoms with Crippen LogP contribution in [-0.4, -0.2) is 49.1 Å². The van der Waals surface area contributed by atoms with Gasteiger partial charge in [0.1, 0.15) is 0 Å². The van der Waals surface area contributed by atoms with Crippen LogP contribution in [0.4, 0.5) is 0 Å². The van der Waals surface area contributed by atoms with Crippen molar-refractivity contribution in [1.82, 2.24) is 10.2 Å². The predicted molar refractivity (Wildman–Crippen MR) is 87.5 cm³/mol. The maximum absolute atomic E-state index is 11.9. The first kappa shape index (κ1) is 18.2. The summed E-state index contributed by atoms with van der Waals surface area (Å²) >= 11 is 1.60. The van der Waals surface area contributed by atoms with Crippen molar-refractivity contribution in [2.75, 3.05) is 26.2 Å².